The molecule has 0 fully saturated rings. The van der Waals surface area contributed by atoms with Gasteiger partial charge in [0.1, 0.15) is 6.54 Å². The highest BCUT2D eigenvalue weighted by Gasteiger charge is 2.15. The summed E-state index contributed by atoms with van der Waals surface area (Å²) >= 11 is 1.61. The van der Waals surface area contributed by atoms with E-state index in [0.29, 0.717) is 23.3 Å². The van der Waals surface area contributed by atoms with Gasteiger partial charge in [-0.2, -0.15) is 0 Å². The van der Waals surface area contributed by atoms with Crippen molar-refractivity contribution in [2.75, 3.05) is 18.9 Å². The fraction of sp³-hybridized carbons (Fsp3) is 0.125. The van der Waals surface area contributed by atoms with Crippen molar-refractivity contribution >= 4 is 34.3 Å². The minimum Gasteiger partial charge on any atom is -0.323 e. The van der Waals surface area contributed by atoms with Gasteiger partial charge in [-0.05, 0) is 36.4 Å². The average Bonchev–Trinajstić information content (AvgIpc) is 2.76. The first kappa shape index (κ1) is 20.8. The van der Waals surface area contributed by atoms with Crippen molar-refractivity contribution in [1.29, 1.82) is 0 Å². The van der Waals surface area contributed by atoms with Crippen LogP contribution in [0.25, 0.3) is 10.9 Å². The van der Waals surface area contributed by atoms with Crippen LogP contribution in [0.1, 0.15) is 5.82 Å². The van der Waals surface area contributed by atoms with Crippen molar-refractivity contribution in [2.24, 2.45) is 0 Å². The number of quaternary nitrogens is 1. The molecule has 1 heterocycles. The first-order valence-corrected chi connectivity index (χ1v) is 10.8. The number of nitrogens with zero attached hydrogens (tertiary/aromatic N) is 1. The number of aromatic nitrogens is 2. The van der Waals surface area contributed by atoms with E-state index in [9.17, 15) is 9.59 Å². The van der Waals surface area contributed by atoms with E-state index < -0.39 is 0 Å². The Morgan fingerprint density at radius 3 is 2.55 bits per heavy atom. The van der Waals surface area contributed by atoms with E-state index in [4.69, 9.17) is 0 Å². The van der Waals surface area contributed by atoms with Crippen LogP contribution >= 0.6 is 11.8 Å². The minimum absolute atomic E-state index is 0.0956. The van der Waals surface area contributed by atoms with E-state index >= 15 is 0 Å². The number of benzene rings is 3. The van der Waals surface area contributed by atoms with Crippen LogP contribution in [-0.2, 0) is 11.3 Å². The smallest absolute Gasteiger partial charge is 0.279 e. The Balaban J connectivity index is 1.41. The summed E-state index contributed by atoms with van der Waals surface area (Å²) in [5, 5.41) is 3.58. The van der Waals surface area contributed by atoms with Crippen LogP contribution < -0.4 is 15.8 Å². The molecule has 0 spiro atoms. The molecule has 1 amide bonds. The summed E-state index contributed by atoms with van der Waals surface area (Å²) in [5.41, 5.74) is 1.28. The van der Waals surface area contributed by atoms with Gasteiger partial charge in [-0.15, -0.1) is 0 Å². The topological polar surface area (TPSA) is 79.3 Å². The number of carbonyl (C=O) groups is 1. The lowest BCUT2D eigenvalue weighted by atomic mass is 10.2. The molecule has 156 valence electrons. The molecule has 7 heteroatoms. The third-order valence-corrected chi connectivity index (χ3v) is 5.81. The van der Waals surface area contributed by atoms with Crippen molar-refractivity contribution in [2.45, 2.75) is 16.3 Å². The molecule has 1 unspecified atom stereocenters. The number of hydrogen-bond acceptors (Lipinski definition) is 4. The summed E-state index contributed by atoms with van der Waals surface area (Å²) in [6.07, 6.45) is 0. The lowest BCUT2D eigenvalue weighted by Gasteiger charge is -2.15. The molecule has 0 aliphatic carbocycles. The summed E-state index contributed by atoms with van der Waals surface area (Å²) in [7, 11) is 1.90. The number of fused-ring (bicyclic) bond motifs is 1. The Bertz CT molecular complexity index is 1260. The summed E-state index contributed by atoms with van der Waals surface area (Å²) in [5.74, 6) is 0.468. The van der Waals surface area contributed by atoms with Gasteiger partial charge >= 0.3 is 0 Å². The quantitative estimate of drug-likeness (QED) is 0.420. The molecule has 0 saturated heterocycles. The number of nitrogens with one attached hydrogen (secondary N) is 3. The van der Waals surface area contributed by atoms with E-state index in [2.05, 4.69) is 15.3 Å². The molecule has 1 atom stereocenters. The zero-order valence-electron chi connectivity index (χ0n) is 17.1. The fourth-order valence-electron chi connectivity index (χ4n) is 3.31. The zero-order valence-corrected chi connectivity index (χ0v) is 17.9. The first-order chi connectivity index (χ1) is 15.1. The predicted molar refractivity (Wildman–Crippen MR) is 123 cm³/mol. The van der Waals surface area contributed by atoms with Crippen LogP contribution in [0.15, 0.2) is 93.4 Å². The highest BCUT2D eigenvalue weighted by Crippen LogP contribution is 2.33. The number of aromatic amines is 1. The third kappa shape index (κ3) is 5.39. The summed E-state index contributed by atoms with van der Waals surface area (Å²) in [6.45, 7) is 0.689. The molecule has 0 aliphatic rings. The maximum atomic E-state index is 12.7. The average molecular weight is 432 g/mol. The van der Waals surface area contributed by atoms with E-state index in [1.807, 2.05) is 79.8 Å². The Labute approximate surface area is 184 Å². The zero-order chi connectivity index (χ0) is 21.6. The van der Waals surface area contributed by atoms with Crippen LogP contribution in [0.4, 0.5) is 5.69 Å². The van der Waals surface area contributed by atoms with Gasteiger partial charge in [0.25, 0.3) is 11.5 Å². The van der Waals surface area contributed by atoms with Crippen molar-refractivity contribution in [3.8, 4) is 0 Å². The number of hydrogen-bond donors (Lipinski definition) is 3. The standard InChI is InChI=1S/C24H22N4O2S/c1-28(15-22-25-19-12-6-5-11-18(19)24(30)27-22)16-23(29)26-20-13-7-8-14-21(20)31-17-9-3-2-4-10-17/h2-14H,15-16H2,1H3,(H,26,29)(H,25,27,30)/p+1. The molecule has 3 aromatic carbocycles. The maximum Gasteiger partial charge on any atom is 0.279 e. The largest absolute Gasteiger partial charge is 0.323 e. The predicted octanol–water partition coefficient (Wildman–Crippen LogP) is 2.73. The van der Waals surface area contributed by atoms with Crippen LogP contribution in [0.3, 0.4) is 0 Å². The molecular formula is C24H23N4O2S+. The molecule has 31 heavy (non-hydrogen) atoms. The van der Waals surface area contributed by atoms with Crippen LogP contribution in [-0.4, -0.2) is 29.5 Å². The van der Waals surface area contributed by atoms with Crippen molar-refractivity contribution < 1.29 is 9.69 Å². The van der Waals surface area contributed by atoms with Gasteiger partial charge < -0.3 is 15.2 Å². The molecule has 4 rings (SSSR count). The van der Waals surface area contributed by atoms with Gasteiger partial charge in [0.05, 0.1) is 23.6 Å². The molecule has 0 saturated carbocycles. The lowest BCUT2D eigenvalue weighted by Crippen LogP contribution is -3.08. The molecular weight excluding hydrogens is 408 g/mol. The Morgan fingerprint density at radius 2 is 1.71 bits per heavy atom. The minimum atomic E-state index is -0.162. The number of para-hydroxylation sites is 2. The van der Waals surface area contributed by atoms with E-state index in [0.717, 1.165) is 20.4 Å². The van der Waals surface area contributed by atoms with E-state index in [-0.39, 0.29) is 18.0 Å². The lowest BCUT2D eigenvalue weighted by molar-refractivity contribution is -0.885. The van der Waals surface area contributed by atoms with Gasteiger partial charge in [-0.25, -0.2) is 4.98 Å². The Morgan fingerprint density at radius 1 is 1.00 bits per heavy atom. The Hall–Kier alpha value is -3.42. The molecule has 0 radical (unpaired) electrons. The van der Waals surface area contributed by atoms with Crippen LogP contribution in [0.5, 0.6) is 0 Å². The summed E-state index contributed by atoms with van der Waals surface area (Å²) < 4.78 is 0. The molecule has 0 bridgehead atoms. The number of rotatable bonds is 7. The van der Waals surface area contributed by atoms with E-state index in [1.165, 1.54) is 0 Å². The monoisotopic (exact) mass is 431 g/mol. The number of anilines is 1. The van der Waals surface area contributed by atoms with Gasteiger partial charge in [-0.3, -0.25) is 9.59 Å². The Kier molecular flexibility index (Phi) is 6.45. The van der Waals surface area contributed by atoms with Crippen LogP contribution in [0, 0.1) is 0 Å². The normalized spacial score (nSPS) is 11.9. The van der Waals surface area contributed by atoms with Crippen molar-refractivity contribution in [3.05, 3.63) is 95.0 Å². The van der Waals surface area contributed by atoms with Gasteiger partial charge in [0.15, 0.2) is 12.4 Å². The second-order valence-electron chi connectivity index (χ2n) is 7.30. The van der Waals surface area contributed by atoms with Crippen molar-refractivity contribution in [3.63, 3.8) is 0 Å². The maximum absolute atomic E-state index is 12.7. The SMILES string of the molecule is C[NH+](CC(=O)Nc1ccccc1Sc1ccccc1)Cc1nc2ccccc2c(=O)[nH]1. The fourth-order valence-corrected chi connectivity index (χ4v) is 4.23. The molecule has 1 aromatic heterocycles. The third-order valence-electron chi connectivity index (χ3n) is 4.73. The molecule has 0 aliphatic heterocycles. The highest BCUT2D eigenvalue weighted by atomic mass is 32.2. The van der Waals surface area contributed by atoms with Gasteiger partial charge in [-0.1, -0.05) is 54.2 Å². The molecule has 6 nitrogen and oxygen atoms in total. The summed E-state index contributed by atoms with van der Waals surface area (Å²) in [4.78, 5) is 35.3. The number of amides is 1. The first-order valence-electron chi connectivity index (χ1n) is 9.99. The number of H-pyrrole nitrogens is 1. The summed E-state index contributed by atoms with van der Waals surface area (Å²) in [6, 6.07) is 25.0. The number of carbonyl (C=O) groups excluding carboxylic acids is 1. The highest BCUT2D eigenvalue weighted by molar-refractivity contribution is 7.99. The van der Waals surface area contributed by atoms with E-state index in [1.54, 1.807) is 17.8 Å². The number of likely N-dealkylation sites (N-methyl/N-ethyl adjacent to an activating group) is 1. The second kappa shape index (κ2) is 9.59. The molecule has 4 aromatic rings. The van der Waals surface area contributed by atoms with Gasteiger partial charge in [0.2, 0.25) is 0 Å². The van der Waals surface area contributed by atoms with Crippen molar-refractivity contribution in [1.82, 2.24) is 9.97 Å². The molecule has 3 N–H and O–H groups in total. The second-order valence-corrected chi connectivity index (χ2v) is 8.42. The van der Waals surface area contributed by atoms with Crippen LogP contribution in [0.2, 0.25) is 0 Å². The van der Waals surface area contributed by atoms with Gasteiger partial charge in [0, 0.05) is 9.79 Å².